The zero-order valence-corrected chi connectivity index (χ0v) is 10.6. The summed E-state index contributed by atoms with van der Waals surface area (Å²) >= 11 is 2.90. The summed E-state index contributed by atoms with van der Waals surface area (Å²) in [7, 11) is 0. The molecule has 0 spiro atoms. The molecule has 2 unspecified atom stereocenters. The van der Waals surface area contributed by atoms with Crippen molar-refractivity contribution in [2.45, 2.75) is 19.3 Å². The van der Waals surface area contributed by atoms with Gasteiger partial charge in [-0.1, -0.05) is 6.42 Å². The average molecular weight is 301 g/mol. The van der Waals surface area contributed by atoms with Crippen molar-refractivity contribution in [2.24, 2.45) is 17.8 Å². The molecular weight excluding hydrogens is 290 g/mol. The number of hydrogen-bond acceptors (Lipinski definition) is 1. The highest BCUT2D eigenvalue weighted by Gasteiger charge is 2.56. The third-order valence-electron chi connectivity index (χ3n) is 3.98. The number of fused-ring (bicyclic) bond motifs is 1. The van der Waals surface area contributed by atoms with Gasteiger partial charge in [-0.3, -0.25) is 4.79 Å². The summed E-state index contributed by atoms with van der Waals surface area (Å²) in [4.78, 5) is 12.1. The average Bonchev–Trinajstić information content (AvgIpc) is 2.76. The van der Waals surface area contributed by atoms with E-state index < -0.39 is 11.6 Å². The Morgan fingerprint density at radius 3 is 2.47 bits per heavy atom. The molecule has 0 heterocycles. The van der Waals surface area contributed by atoms with Crippen molar-refractivity contribution >= 4 is 21.7 Å². The summed E-state index contributed by atoms with van der Waals surface area (Å²) in [6, 6.07) is 2.04. The first kappa shape index (κ1) is 11.3. The van der Waals surface area contributed by atoms with Crippen LogP contribution in [0.5, 0.6) is 0 Å². The lowest BCUT2D eigenvalue weighted by atomic mass is 10.0. The molecule has 0 N–H and O–H groups in total. The molecule has 1 aromatic carbocycles. The van der Waals surface area contributed by atoms with E-state index >= 15 is 0 Å². The van der Waals surface area contributed by atoms with Gasteiger partial charge in [0.15, 0.2) is 5.78 Å². The minimum Gasteiger partial charge on any atom is -0.294 e. The second kappa shape index (κ2) is 3.87. The molecule has 2 aliphatic rings. The predicted octanol–water partition coefficient (Wildman–Crippen LogP) is 3.96. The normalized spacial score (nSPS) is 30.2. The summed E-state index contributed by atoms with van der Waals surface area (Å²) in [5.74, 6) is -0.640. The number of ketones is 1. The van der Waals surface area contributed by atoms with Crippen molar-refractivity contribution in [3.63, 3.8) is 0 Å². The third-order valence-corrected chi connectivity index (χ3v) is 4.59. The topological polar surface area (TPSA) is 17.1 Å². The number of halogens is 3. The van der Waals surface area contributed by atoms with Gasteiger partial charge >= 0.3 is 0 Å². The fourth-order valence-corrected chi connectivity index (χ4v) is 3.42. The lowest BCUT2D eigenvalue weighted by Gasteiger charge is -2.05. The number of carbonyl (C=O) groups excluding carboxylic acids is 1. The summed E-state index contributed by atoms with van der Waals surface area (Å²) < 4.78 is 27.0. The SMILES string of the molecule is O=C(c1cc(F)c(Br)cc1F)C1C2CCCC21. The zero-order valence-electron chi connectivity index (χ0n) is 9.05. The summed E-state index contributed by atoms with van der Waals surface area (Å²) in [6.07, 6.45) is 3.28. The van der Waals surface area contributed by atoms with Crippen LogP contribution in [0, 0.1) is 29.4 Å². The fourth-order valence-electron chi connectivity index (χ4n) is 3.10. The Bertz CT molecular complexity index is 490. The monoisotopic (exact) mass is 300 g/mol. The molecule has 0 radical (unpaired) electrons. The van der Waals surface area contributed by atoms with E-state index in [4.69, 9.17) is 0 Å². The highest BCUT2D eigenvalue weighted by molar-refractivity contribution is 9.10. The van der Waals surface area contributed by atoms with E-state index in [2.05, 4.69) is 15.9 Å². The number of benzene rings is 1. The molecule has 0 saturated heterocycles. The third kappa shape index (κ3) is 1.73. The van der Waals surface area contributed by atoms with Crippen molar-refractivity contribution in [1.29, 1.82) is 0 Å². The maximum absolute atomic E-state index is 13.6. The van der Waals surface area contributed by atoms with Gasteiger partial charge in [-0.2, -0.15) is 0 Å². The Kier molecular flexibility index (Phi) is 2.58. The van der Waals surface area contributed by atoms with Crippen LogP contribution in [-0.4, -0.2) is 5.78 Å². The molecular formula is C13H11BrF2O. The van der Waals surface area contributed by atoms with Crippen LogP contribution in [-0.2, 0) is 0 Å². The number of hydrogen-bond donors (Lipinski definition) is 0. The summed E-state index contributed by atoms with van der Waals surface area (Å²) in [5.41, 5.74) is -0.0925. The molecule has 2 saturated carbocycles. The van der Waals surface area contributed by atoms with E-state index in [0.717, 1.165) is 31.4 Å². The van der Waals surface area contributed by atoms with Crippen LogP contribution >= 0.6 is 15.9 Å². The van der Waals surface area contributed by atoms with E-state index in [1.54, 1.807) is 0 Å². The van der Waals surface area contributed by atoms with Gasteiger partial charge in [0.1, 0.15) is 11.6 Å². The molecule has 0 aliphatic heterocycles. The van der Waals surface area contributed by atoms with E-state index in [1.807, 2.05) is 0 Å². The highest BCUT2D eigenvalue weighted by Crippen LogP contribution is 2.58. The number of carbonyl (C=O) groups is 1. The molecule has 0 aromatic heterocycles. The standard InChI is InChI=1S/C13H11BrF2O/c14-9-5-10(15)8(4-11(9)16)13(17)12-6-2-1-3-7(6)12/h4-7,12H,1-3H2. The lowest BCUT2D eigenvalue weighted by molar-refractivity contribution is 0.0947. The molecule has 0 amide bonds. The summed E-state index contributed by atoms with van der Waals surface area (Å²) in [6.45, 7) is 0. The molecule has 17 heavy (non-hydrogen) atoms. The quantitative estimate of drug-likeness (QED) is 0.597. The van der Waals surface area contributed by atoms with Crippen molar-refractivity contribution in [2.75, 3.05) is 0 Å². The second-order valence-corrected chi connectivity index (χ2v) is 5.75. The van der Waals surface area contributed by atoms with Gasteiger partial charge in [-0.05, 0) is 52.7 Å². The molecule has 90 valence electrons. The van der Waals surface area contributed by atoms with E-state index in [0.29, 0.717) is 11.8 Å². The van der Waals surface area contributed by atoms with Crippen molar-refractivity contribution in [1.82, 2.24) is 0 Å². The van der Waals surface area contributed by atoms with E-state index in [9.17, 15) is 13.6 Å². The molecule has 2 atom stereocenters. The first-order chi connectivity index (χ1) is 8.09. The van der Waals surface area contributed by atoms with Crippen LogP contribution in [0.1, 0.15) is 29.6 Å². The van der Waals surface area contributed by atoms with Crippen molar-refractivity contribution in [3.8, 4) is 0 Å². The number of rotatable bonds is 2. The molecule has 0 bridgehead atoms. The fraction of sp³-hybridized carbons (Fsp3) is 0.462. The maximum Gasteiger partial charge on any atom is 0.169 e. The Hall–Kier alpha value is -0.770. The Labute approximate surface area is 106 Å². The first-order valence-corrected chi connectivity index (χ1v) is 6.57. The molecule has 4 heteroatoms. The first-order valence-electron chi connectivity index (χ1n) is 5.78. The molecule has 2 aliphatic carbocycles. The van der Waals surface area contributed by atoms with Gasteiger partial charge in [0.2, 0.25) is 0 Å². The van der Waals surface area contributed by atoms with Crippen molar-refractivity contribution < 1.29 is 13.6 Å². The maximum atomic E-state index is 13.6. The highest BCUT2D eigenvalue weighted by atomic mass is 79.9. The molecule has 1 nitrogen and oxygen atoms in total. The van der Waals surface area contributed by atoms with Crippen LogP contribution in [0.15, 0.2) is 16.6 Å². The van der Waals surface area contributed by atoms with Gasteiger partial charge in [0.25, 0.3) is 0 Å². The zero-order chi connectivity index (χ0) is 12.2. The minimum absolute atomic E-state index is 0.0566. The van der Waals surface area contributed by atoms with Gasteiger partial charge < -0.3 is 0 Å². The minimum atomic E-state index is -0.631. The second-order valence-electron chi connectivity index (χ2n) is 4.89. The van der Waals surface area contributed by atoms with Gasteiger partial charge in [-0.25, -0.2) is 8.78 Å². The summed E-state index contributed by atoms with van der Waals surface area (Å²) in [5, 5.41) is 0. The van der Waals surface area contributed by atoms with Crippen molar-refractivity contribution in [3.05, 3.63) is 33.8 Å². The predicted molar refractivity (Wildman–Crippen MR) is 62.7 cm³/mol. The van der Waals surface area contributed by atoms with Gasteiger partial charge in [0.05, 0.1) is 10.0 Å². The number of Topliss-reactive ketones (excluding diaryl/α,β-unsaturated/α-hetero) is 1. The molecule has 2 fully saturated rings. The Balaban J connectivity index is 1.89. The van der Waals surface area contributed by atoms with E-state index in [1.165, 1.54) is 0 Å². The largest absolute Gasteiger partial charge is 0.294 e. The van der Waals surface area contributed by atoms with Gasteiger partial charge in [0, 0.05) is 5.92 Å². The van der Waals surface area contributed by atoms with Crippen LogP contribution in [0.25, 0.3) is 0 Å². The van der Waals surface area contributed by atoms with Crippen LogP contribution in [0.2, 0.25) is 0 Å². The van der Waals surface area contributed by atoms with Crippen LogP contribution in [0.4, 0.5) is 8.78 Å². The Morgan fingerprint density at radius 2 is 1.82 bits per heavy atom. The molecule has 1 aromatic rings. The van der Waals surface area contributed by atoms with Crippen LogP contribution < -0.4 is 0 Å². The Morgan fingerprint density at radius 1 is 1.18 bits per heavy atom. The van der Waals surface area contributed by atoms with E-state index in [-0.39, 0.29) is 21.7 Å². The van der Waals surface area contributed by atoms with Gasteiger partial charge in [-0.15, -0.1) is 0 Å². The smallest absolute Gasteiger partial charge is 0.169 e. The molecule has 3 rings (SSSR count). The van der Waals surface area contributed by atoms with Crippen LogP contribution in [0.3, 0.4) is 0 Å². The lowest BCUT2D eigenvalue weighted by Crippen LogP contribution is -2.09.